The third kappa shape index (κ3) is 4.87. The molecule has 0 aliphatic carbocycles. The highest BCUT2D eigenvalue weighted by molar-refractivity contribution is 6.35. The van der Waals surface area contributed by atoms with Crippen molar-refractivity contribution in [2.45, 2.75) is 39.2 Å². The van der Waals surface area contributed by atoms with Crippen LogP contribution in [0, 0.1) is 5.92 Å². The number of amides is 1. The molecule has 122 valence electrons. The highest BCUT2D eigenvalue weighted by Crippen LogP contribution is 2.27. The average Bonchev–Trinajstić information content (AvgIpc) is 2.51. The van der Waals surface area contributed by atoms with Crippen molar-refractivity contribution in [3.8, 4) is 0 Å². The molecule has 0 spiro atoms. The van der Waals surface area contributed by atoms with Crippen molar-refractivity contribution in [3.05, 3.63) is 33.8 Å². The molecule has 0 saturated carbocycles. The molecule has 2 rings (SSSR count). The minimum Gasteiger partial charge on any atom is -0.356 e. The van der Waals surface area contributed by atoms with E-state index in [-0.39, 0.29) is 11.8 Å². The van der Waals surface area contributed by atoms with Gasteiger partial charge in [-0.05, 0) is 37.9 Å². The molecule has 0 bridgehead atoms. The number of carbonyl (C=O) groups excluding carboxylic acids is 1. The molecule has 0 unspecified atom stereocenters. The first-order chi connectivity index (χ1) is 10.6. The summed E-state index contributed by atoms with van der Waals surface area (Å²) in [6.07, 6.45) is 4.14. The van der Waals surface area contributed by atoms with Crippen molar-refractivity contribution < 1.29 is 4.79 Å². The summed E-state index contributed by atoms with van der Waals surface area (Å²) in [5.41, 5.74) is 0.956. The first-order valence-electron chi connectivity index (χ1n) is 8.04. The van der Waals surface area contributed by atoms with Gasteiger partial charge in [-0.2, -0.15) is 0 Å². The van der Waals surface area contributed by atoms with Gasteiger partial charge in [-0.25, -0.2) is 0 Å². The number of hydrogen-bond acceptors (Lipinski definition) is 2. The van der Waals surface area contributed by atoms with Gasteiger partial charge in [-0.3, -0.25) is 9.69 Å². The van der Waals surface area contributed by atoms with Gasteiger partial charge in [-0.1, -0.05) is 42.6 Å². The zero-order chi connectivity index (χ0) is 15.9. The van der Waals surface area contributed by atoms with E-state index in [0.29, 0.717) is 16.6 Å². The van der Waals surface area contributed by atoms with E-state index >= 15 is 0 Å². The fourth-order valence-corrected chi connectivity index (χ4v) is 3.37. The van der Waals surface area contributed by atoms with Crippen LogP contribution in [-0.2, 0) is 11.3 Å². The van der Waals surface area contributed by atoms with Crippen LogP contribution >= 0.6 is 23.2 Å². The van der Waals surface area contributed by atoms with Gasteiger partial charge in [0.25, 0.3) is 0 Å². The molecule has 1 atom stereocenters. The highest BCUT2D eigenvalue weighted by atomic mass is 35.5. The van der Waals surface area contributed by atoms with Crippen LogP contribution in [0.25, 0.3) is 0 Å². The van der Waals surface area contributed by atoms with Crippen molar-refractivity contribution in [1.29, 1.82) is 0 Å². The maximum Gasteiger partial charge on any atom is 0.224 e. The zero-order valence-corrected chi connectivity index (χ0v) is 14.6. The number of benzene rings is 1. The Morgan fingerprint density at radius 2 is 2.09 bits per heavy atom. The summed E-state index contributed by atoms with van der Waals surface area (Å²) in [4.78, 5) is 14.5. The number of piperidine rings is 1. The van der Waals surface area contributed by atoms with Gasteiger partial charge in [0.05, 0.1) is 5.92 Å². The Morgan fingerprint density at radius 3 is 2.77 bits per heavy atom. The molecular formula is C17H24Cl2N2O. The molecule has 1 aliphatic heterocycles. The fraction of sp³-hybridized carbons (Fsp3) is 0.588. The van der Waals surface area contributed by atoms with Gasteiger partial charge in [0, 0.05) is 35.2 Å². The van der Waals surface area contributed by atoms with Crippen LogP contribution in [0.2, 0.25) is 10.0 Å². The predicted octanol–water partition coefficient (Wildman–Crippen LogP) is 4.12. The van der Waals surface area contributed by atoms with Crippen molar-refractivity contribution >= 4 is 29.1 Å². The Hall–Kier alpha value is -0.770. The highest BCUT2D eigenvalue weighted by Gasteiger charge is 2.26. The number of likely N-dealkylation sites (tertiary alicyclic amines) is 1. The Labute approximate surface area is 143 Å². The third-order valence-electron chi connectivity index (χ3n) is 4.15. The van der Waals surface area contributed by atoms with E-state index in [2.05, 4.69) is 17.1 Å². The molecule has 1 saturated heterocycles. The smallest absolute Gasteiger partial charge is 0.224 e. The quantitative estimate of drug-likeness (QED) is 0.788. The second kappa shape index (κ2) is 8.76. The second-order valence-corrected chi connectivity index (χ2v) is 6.73. The lowest BCUT2D eigenvalue weighted by atomic mass is 9.96. The summed E-state index contributed by atoms with van der Waals surface area (Å²) >= 11 is 12.5. The molecule has 5 heteroatoms. The minimum absolute atomic E-state index is 0.0758. The minimum atomic E-state index is 0.0758. The number of carbonyl (C=O) groups is 1. The normalized spacial score (nSPS) is 19.1. The van der Waals surface area contributed by atoms with Gasteiger partial charge in [0.15, 0.2) is 0 Å². The van der Waals surface area contributed by atoms with Crippen molar-refractivity contribution in [3.63, 3.8) is 0 Å². The van der Waals surface area contributed by atoms with E-state index in [1.165, 1.54) is 0 Å². The number of unbranched alkanes of at least 4 members (excludes halogenated alkanes) is 1. The number of hydrogen-bond donors (Lipinski definition) is 1. The van der Waals surface area contributed by atoms with Crippen molar-refractivity contribution in [2.24, 2.45) is 5.92 Å². The standard InChI is InChI=1S/C17H24Cl2N2O/c1-2-3-9-20-17(22)13-6-5-10-21(11-13)12-14-15(18)7-4-8-16(14)19/h4,7-8,13H,2-3,5-6,9-12H2,1H3,(H,20,22)/t13-/m1/s1. The molecule has 22 heavy (non-hydrogen) atoms. The van der Waals surface area contributed by atoms with Gasteiger partial charge in [0.2, 0.25) is 5.91 Å². The Morgan fingerprint density at radius 1 is 1.36 bits per heavy atom. The van der Waals surface area contributed by atoms with E-state index in [0.717, 1.165) is 50.9 Å². The lowest BCUT2D eigenvalue weighted by Crippen LogP contribution is -2.43. The lowest BCUT2D eigenvalue weighted by Gasteiger charge is -2.32. The molecule has 1 aliphatic rings. The first kappa shape index (κ1) is 17.6. The molecule has 1 amide bonds. The molecule has 0 aromatic heterocycles. The summed E-state index contributed by atoms with van der Waals surface area (Å²) in [7, 11) is 0. The SMILES string of the molecule is CCCCNC(=O)[C@@H]1CCCN(Cc2c(Cl)cccc2Cl)C1. The summed E-state index contributed by atoms with van der Waals surface area (Å²) in [6, 6.07) is 5.58. The van der Waals surface area contributed by atoms with Crippen LogP contribution in [0.1, 0.15) is 38.2 Å². The molecule has 1 aromatic carbocycles. The monoisotopic (exact) mass is 342 g/mol. The van der Waals surface area contributed by atoms with Crippen LogP contribution in [0.15, 0.2) is 18.2 Å². The predicted molar refractivity (Wildman–Crippen MR) is 92.4 cm³/mol. The Kier molecular flexibility index (Phi) is 7.00. The second-order valence-electron chi connectivity index (χ2n) is 5.92. The van der Waals surface area contributed by atoms with Gasteiger partial charge >= 0.3 is 0 Å². The molecule has 1 aromatic rings. The van der Waals surface area contributed by atoms with Gasteiger partial charge < -0.3 is 5.32 Å². The van der Waals surface area contributed by atoms with E-state index in [1.54, 1.807) is 0 Å². The third-order valence-corrected chi connectivity index (χ3v) is 4.86. The average molecular weight is 343 g/mol. The molecule has 1 N–H and O–H groups in total. The van der Waals surface area contributed by atoms with E-state index in [9.17, 15) is 4.79 Å². The van der Waals surface area contributed by atoms with Crippen LogP contribution in [0.5, 0.6) is 0 Å². The maximum atomic E-state index is 12.2. The molecule has 0 radical (unpaired) electrons. The van der Waals surface area contributed by atoms with Crippen LogP contribution in [0.3, 0.4) is 0 Å². The van der Waals surface area contributed by atoms with Crippen molar-refractivity contribution in [1.82, 2.24) is 10.2 Å². The maximum absolute atomic E-state index is 12.2. The molecule has 1 fully saturated rings. The van der Waals surface area contributed by atoms with Crippen LogP contribution < -0.4 is 5.32 Å². The first-order valence-corrected chi connectivity index (χ1v) is 8.80. The van der Waals surface area contributed by atoms with Crippen LogP contribution in [-0.4, -0.2) is 30.4 Å². The molecule has 1 heterocycles. The van der Waals surface area contributed by atoms with Crippen LogP contribution in [0.4, 0.5) is 0 Å². The summed E-state index contributed by atoms with van der Waals surface area (Å²) in [5.74, 6) is 0.260. The number of rotatable bonds is 6. The number of nitrogens with zero attached hydrogens (tertiary/aromatic N) is 1. The summed E-state index contributed by atoms with van der Waals surface area (Å²) < 4.78 is 0. The van der Waals surface area contributed by atoms with Gasteiger partial charge in [0.1, 0.15) is 0 Å². The summed E-state index contributed by atoms with van der Waals surface area (Å²) in [6.45, 7) is 5.38. The number of halogens is 2. The van der Waals surface area contributed by atoms with Crippen molar-refractivity contribution in [2.75, 3.05) is 19.6 Å². The summed E-state index contributed by atoms with van der Waals surface area (Å²) in [5, 5.41) is 4.44. The fourth-order valence-electron chi connectivity index (χ4n) is 2.85. The molecule has 3 nitrogen and oxygen atoms in total. The Balaban J connectivity index is 1.92. The van der Waals surface area contributed by atoms with E-state index < -0.39 is 0 Å². The van der Waals surface area contributed by atoms with Gasteiger partial charge in [-0.15, -0.1) is 0 Å². The molecular weight excluding hydrogens is 319 g/mol. The lowest BCUT2D eigenvalue weighted by molar-refractivity contribution is -0.126. The Bertz CT molecular complexity index is 487. The van der Waals surface area contributed by atoms with E-state index in [4.69, 9.17) is 23.2 Å². The topological polar surface area (TPSA) is 32.3 Å². The number of nitrogens with one attached hydrogen (secondary N) is 1. The van der Waals surface area contributed by atoms with E-state index in [1.807, 2.05) is 18.2 Å². The zero-order valence-electron chi connectivity index (χ0n) is 13.1. The largest absolute Gasteiger partial charge is 0.356 e.